The van der Waals surface area contributed by atoms with Crippen LogP contribution < -0.4 is 0 Å². The van der Waals surface area contributed by atoms with E-state index in [0.29, 0.717) is 23.8 Å². The predicted molar refractivity (Wildman–Crippen MR) is 465 cm³/mol. The van der Waals surface area contributed by atoms with Gasteiger partial charge in [-0.15, -0.1) is 0 Å². The topological polar surface area (TPSA) is 157 Å². The molecule has 8 aromatic carbocycles. The van der Waals surface area contributed by atoms with Crippen molar-refractivity contribution in [1.29, 1.82) is 0 Å². The average Bonchev–Trinajstić information content (AvgIpc) is 1.60. The molecule has 112 heavy (non-hydrogen) atoms. The Bertz CT molecular complexity index is 5850. The van der Waals surface area contributed by atoms with Crippen LogP contribution in [0.25, 0.3) is 111 Å². The molecule has 0 unspecified atom stereocenters. The van der Waals surface area contributed by atoms with Gasteiger partial charge in [-0.2, -0.15) is 0 Å². The summed E-state index contributed by atoms with van der Waals surface area (Å²) >= 11 is 1.56. The lowest BCUT2D eigenvalue weighted by Crippen LogP contribution is -2.11. The molecule has 0 N–H and O–H groups in total. The smallest absolute Gasteiger partial charge is 0.234 e. The first kappa shape index (κ1) is 76.9. The maximum atomic E-state index is 14.0. The van der Waals surface area contributed by atoms with E-state index < -0.39 is 9.84 Å². The van der Waals surface area contributed by atoms with Crippen molar-refractivity contribution in [3.63, 3.8) is 0 Å². The van der Waals surface area contributed by atoms with Crippen LogP contribution >= 0.6 is 11.8 Å². The number of hydrogen-bond donors (Lipinski definition) is 0. The van der Waals surface area contributed by atoms with Crippen LogP contribution in [0, 0.1) is 0 Å². The summed E-state index contributed by atoms with van der Waals surface area (Å²) in [4.78, 5) is 40.1. The standard InChI is InChI=1S/C48H52N6O2S.C48H52N6S/c1-45(2,3)29-13-17-39-35(21-29)36-22-30(46(4,5)6)14-18-40(36)53(39)43-49-25-33(26-50-43)57(55,56)34-27-51-44(52-28-34)54-41-19-15-31(47(7,8)9)23-37(41)38-24-32(48(10,11)12)16-20-42(38)54;1-45(2,3)29-13-17-39-35(21-29)36-22-30(46(4,5)6)14-18-40(36)53(39)43-49-25-33(26-50-43)55-34-27-51-44(52-28-34)54-41-19-15-31(47(7,8)9)23-37(41)38-24-32(48(10,11)12)16-20-42(38)54/h13-28H,1-12H3;13-28H,1-12H3. The van der Waals surface area contributed by atoms with Gasteiger partial charge in [0.05, 0.1) is 68.9 Å². The Hall–Kier alpha value is -10.4. The van der Waals surface area contributed by atoms with Gasteiger partial charge >= 0.3 is 0 Å². The Morgan fingerprint density at radius 1 is 0.223 bits per heavy atom. The van der Waals surface area contributed by atoms with E-state index >= 15 is 0 Å². The number of nitrogens with zero attached hydrogens (tertiary/aromatic N) is 12. The number of hydrogen-bond acceptors (Lipinski definition) is 11. The Labute approximate surface area is 663 Å². The fourth-order valence-corrected chi connectivity index (χ4v) is 16.8. The Balaban J connectivity index is 0.000000177. The Morgan fingerprint density at radius 2 is 0.366 bits per heavy atom. The van der Waals surface area contributed by atoms with E-state index in [9.17, 15) is 8.42 Å². The second kappa shape index (κ2) is 26.9. The van der Waals surface area contributed by atoms with E-state index in [-0.39, 0.29) is 53.1 Å². The van der Waals surface area contributed by atoms with Crippen molar-refractivity contribution >= 4 is 109 Å². The summed E-state index contributed by atoms with van der Waals surface area (Å²) in [5.74, 6) is 2.09. The summed E-state index contributed by atoms with van der Waals surface area (Å²) in [7, 11) is -4.04. The van der Waals surface area contributed by atoms with Gasteiger partial charge in [-0.1, -0.05) is 226 Å². The van der Waals surface area contributed by atoms with Crippen molar-refractivity contribution in [3.05, 3.63) is 240 Å². The van der Waals surface area contributed by atoms with Crippen LogP contribution in [-0.4, -0.2) is 66.6 Å². The van der Waals surface area contributed by atoms with E-state index in [1.54, 1.807) is 11.8 Å². The molecule has 0 fully saturated rings. The van der Waals surface area contributed by atoms with Gasteiger partial charge in [0.1, 0.15) is 9.79 Å². The number of rotatable bonds is 8. The maximum Gasteiger partial charge on any atom is 0.234 e. The third-order valence-corrected chi connectivity index (χ3v) is 24.7. The molecule has 0 saturated carbocycles. The molecule has 0 bridgehead atoms. The van der Waals surface area contributed by atoms with Crippen LogP contribution in [0.1, 0.15) is 211 Å². The van der Waals surface area contributed by atoms with Gasteiger partial charge in [0.25, 0.3) is 0 Å². The molecule has 0 amide bonds. The molecule has 16 aromatic rings. The van der Waals surface area contributed by atoms with E-state index in [2.05, 4.69) is 341 Å². The van der Waals surface area contributed by atoms with Crippen molar-refractivity contribution in [3.8, 4) is 23.8 Å². The van der Waals surface area contributed by atoms with Crippen molar-refractivity contribution in [2.45, 2.75) is 229 Å². The third kappa shape index (κ3) is 14.1. The Kier molecular flexibility index (Phi) is 18.5. The molecule has 572 valence electrons. The van der Waals surface area contributed by atoms with Crippen LogP contribution in [0.15, 0.2) is 215 Å². The molecule has 0 atom stereocenters. The minimum Gasteiger partial charge on any atom is -0.278 e. The molecule has 14 nitrogen and oxygen atoms in total. The number of aromatic nitrogens is 12. The highest BCUT2D eigenvalue weighted by Crippen LogP contribution is 2.44. The molecular weight excluding hydrogens is 1420 g/mol. The minimum atomic E-state index is -4.04. The van der Waals surface area contributed by atoms with Gasteiger partial charge in [-0.3, -0.25) is 18.3 Å². The SMILES string of the molecule is CC(C)(C)c1ccc2c(c1)c1cc(C(C)(C)C)ccc1n2-c1ncc(S(=O)(=O)c2cnc(-n3c4ccc(C(C)(C)C)cc4c4cc(C(C)(C)C)ccc43)nc2)cn1.CC(C)(C)c1ccc2c(c1)c1cc(C(C)(C)C)ccc1n2-c1ncc(Sc2cnc(-n3c4ccc(C(C)(C)C)cc4c4cc(C(C)(C)C)ccc43)nc2)cn1. The lowest BCUT2D eigenvalue weighted by atomic mass is 9.85. The first-order valence-corrected chi connectivity index (χ1v) is 41.2. The molecule has 0 radical (unpaired) electrons. The minimum absolute atomic E-state index is 0.0327. The highest BCUT2D eigenvalue weighted by atomic mass is 32.2. The van der Waals surface area contributed by atoms with Gasteiger partial charge in [-0.05, 0) is 185 Å². The summed E-state index contributed by atoms with van der Waals surface area (Å²) in [5.41, 5.74) is 18.4. The van der Waals surface area contributed by atoms with Crippen molar-refractivity contribution in [2.75, 3.05) is 0 Å². The van der Waals surface area contributed by atoms with Crippen molar-refractivity contribution < 1.29 is 8.42 Å². The molecule has 0 aliphatic heterocycles. The first-order valence-electron chi connectivity index (χ1n) is 38.9. The number of fused-ring (bicyclic) bond motifs is 12. The monoisotopic (exact) mass is 1520 g/mol. The van der Waals surface area contributed by atoms with Crippen LogP contribution in [0.4, 0.5) is 0 Å². The predicted octanol–water partition coefficient (Wildman–Crippen LogP) is 24.3. The van der Waals surface area contributed by atoms with E-state index in [0.717, 1.165) is 75.5 Å². The highest BCUT2D eigenvalue weighted by molar-refractivity contribution is 7.99. The normalized spacial score (nSPS) is 13.3. The van der Waals surface area contributed by atoms with Crippen LogP contribution in [0.2, 0.25) is 0 Å². The van der Waals surface area contributed by atoms with Crippen molar-refractivity contribution in [1.82, 2.24) is 58.1 Å². The molecule has 8 aromatic heterocycles. The summed E-state index contributed by atoms with van der Waals surface area (Å²) < 4.78 is 36.5. The molecule has 0 aliphatic carbocycles. The molecule has 16 rings (SSSR count). The summed E-state index contributed by atoms with van der Waals surface area (Å²) in [6.45, 7) is 53.7. The lowest BCUT2D eigenvalue weighted by molar-refractivity contribution is 0.590. The lowest BCUT2D eigenvalue weighted by Gasteiger charge is -2.19. The number of benzene rings is 8. The van der Waals surface area contributed by atoms with Gasteiger partial charge < -0.3 is 0 Å². The zero-order valence-corrected chi connectivity index (χ0v) is 71.1. The summed E-state index contributed by atoms with van der Waals surface area (Å²) in [5, 5.41) is 9.31. The average molecular weight is 1520 g/mol. The first-order chi connectivity index (χ1) is 52.3. The largest absolute Gasteiger partial charge is 0.278 e. The fourth-order valence-electron chi connectivity index (χ4n) is 15.0. The Morgan fingerprint density at radius 3 is 0.509 bits per heavy atom. The van der Waals surface area contributed by atoms with Gasteiger partial charge in [-0.25, -0.2) is 48.3 Å². The highest BCUT2D eigenvalue weighted by Gasteiger charge is 2.30. The molecule has 0 saturated heterocycles. The fraction of sp³-hybridized carbons (Fsp3) is 0.333. The van der Waals surface area contributed by atoms with E-state index in [4.69, 9.17) is 19.9 Å². The molecule has 0 spiro atoms. The zero-order valence-electron chi connectivity index (χ0n) is 69.5. The summed E-state index contributed by atoms with van der Waals surface area (Å²) in [6, 6.07) is 53.3. The zero-order chi connectivity index (χ0) is 80.3. The van der Waals surface area contributed by atoms with Crippen LogP contribution in [0.3, 0.4) is 0 Å². The molecule has 0 aliphatic rings. The third-order valence-electron chi connectivity index (χ3n) is 22.1. The van der Waals surface area contributed by atoms with Crippen molar-refractivity contribution in [2.24, 2.45) is 0 Å². The van der Waals surface area contributed by atoms with Gasteiger partial charge in [0.2, 0.25) is 33.6 Å². The molecule has 8 heterocycles. The number of sulfone groups is 1. The van der Waals surface area contributed by atoms with Gasteiger partial charge in [0.15, 0.2) is 0 Å². The van der Waals surface area contributed by atoms with E-state index in [1.807, 2.05) is 33.9 Å². The second-order valence-corrected chi connectivity index (χ2v) is 41.8. The summed E-state index contributed by atoms with van der Waals surface area (Å²) in [6.07, 6.45) is 13.1. The second-order valence-electron chi connectivity index (χ2n) is 38.7. The quantitative estimate of drug-likeness (QED) is 0.143. The molecular formula is C96H104N12O2S2. The van der Waals surface area contributed by atoms with Crippen LogP contribution in [0.5, 0.6) is 0 Å². The molecule has 16 heteroatoms. The maximum absolute atomic E-state index is 14.0. The van der Waals surface area contributed by atoms with Gasteiger partial charge in [0, 0.05) is 77.7 Å². The van der Waals surface area contributed by atoms with E-state index in [1.165, 1.54) is 90.8 Å². The van der Waals surface area contributed by atoms with Crippen LogP contribution in [-0.2, 0) is 53.2 Å².